The first-order valence-electron chi connectivity index (χ1n) is 6.06. The van der Waals surface area contributed by atoms with Gasteiger partial charge in [-0.1, -0.05) is 15.9 Å². The number of anilines is 1. The van der Waals surface area contributed by atoms with Crippen LogP contribution < -0.4 is 11.1 Å². The van der Waals surface area contributed by atoms with Gasteiger partial charge in [0.25, 0.3) is 5.91 Å². The molecule has 0 aromatic heterocycles. The highest BCUT2D eigenvalue weighted by atomic mass is 79.9. The van der Waals surface area contributed by atoms with Crippen LogP contribution in [0.5, 0.6) is 0 Å². The molecular formula is C14H21BrN2O2. The van der Waals surface area contributed by atoms with E-state index in [2.05, 4.69) is 21.2 Å². The molecule has 0 bridgehead atoms. The van der Waals surface area contributed by atoms with Gasteiger partial charge in [0.2, 0.25) is 0 Å². The lowest BCUT2D eigenvalue weighted by atomic mass is 9.85. The summed E-state index contributed by atoms with van der Waals surface area (Å²) < 4.78 is 0.752. The molecule has 0 heterocycles. The fourth-order valence-corrected chi connectivity index (χ4v) is 1.92. The molecule has 0 radical (unpaired) electrons. The molecule has 0 saturated carbocycles. The number of rotatable bonds is 3. The van der Waals surface area contributed by atoms with Crippen molar-refractivity contribution in [3.63, 3.8) is 0 Å². The molecule has 1 rings (SSSR count). The van der Waals surface area contributed by atoms with E-state index in [-0.39, 0.29) is 5.91 Å². The molecule has 0 atom stereocenters. The summed E-state index contributed by atoms with van der Waals surface area (Å²) in [5, 5.41) is 12.9. The molecular weight excluding hydrogens is 308 g/mol. The van der Waals surface area contributed by atoms with Gasteiger partial charge in [0.05, 0.1) is 11.1 Å². The monoisotopic (exact) mass is 328 g/mol. The Morgan fingerprint density at radius 2 is 1.84 bits per heavy atom. The molecule has 0 aliphatic heterocycles. The van der Waals surface area contributed by atoms with Crippen molar-refractivity contribution in [1.29, 1.82) is 0 Å². The molecule has 4 N–H and O–H groups in total. The molecule has 1 aromatic carbocycles. The van der Waals surface area contributed by atoms with E-state index in [4.69, 9.17) is 5.73 Å². The number of halogens is 1. The van der Waals surface area contributed by atoms with Gasteiger partial charge in [-0.15, -0.1) is 0 Å². The third kappa shape index (κ3) is 3.48. The molecule has 5 heteroatoms. The van der Waals surface area contributed by atoms with Crippen LogP contribution in [0, 0.1) is 6.92 Å². The SMILES string of the molecule is Cc1c(N)cc(Br)cc1C(=O)NC(C)(C)C(C)(C)O. The van der Waals surface area contributed by atoms with Crippen LogP contribution in [-0.2, 0) is 0 Å². The van der Waals surface area contributed by atoms with Crippen LogP contribution in [-0.4, -0.2) is 22.2 Å². The first-order valence-corrected chi connectivity index (χ1v) is 6.85. The summed E-state index contributed by atoms with van der Waals surface area (Å²) in [6, 6.07) is 3.48. The molecule has 0 aliphatic rings. The summed E-state index contributed by atoms with van der Waals surface area (Å²) in [7, 11) is 0. The van der Waals surface area contributed by atoms with Gasteiger partial charge in [0, 0.05) is 15.7 Å². The second-order valence-electron chi connectivity index (χ2n) is 5.81. The molecule has 0 aliphatic carbocycles. The topological polar surface area (TPSA) is 75.4 Å². The first kappa shape index (κ1) is 16.0. The van der Waals surface area contributed by atoms with Crippen molar-refractivity contribution in [2.75, 3.05) is 5.73 Å². The number of carbonyl (C=O) groups excluding carboxylic acids is 1. The van der Waals surface area contributed by atoms with Gasteiger partial charge in [-0.25, -0.2) is 0 Å². The summed E-state index contributed by atoms with van der Waals surface area (Å²) >= 11 is 3.33. The Labute approximate surface area is 122 Å². The lowest BCUT2D eigenvalue weighted by Gasteiger charge is -2.38. The van der Waals surface area contributed by atoms with E-state index in [1.54, 1.807) is 46.8 Å². The molecule has 0 unspecified atom stereocenters. The van der Waals surface area contributed by atoms with Crippen LogP contribution in [0.25, 0.3) is 0 Å². The Morgan fingerprint density at radius 1 is 1.32 bits per heavy atom. The number of benzene rings is 1. The largest absolute Gasteiger partial charge is 0.398 e. The van der Waals surface area contributed by atoms with E-state index in [1.165, 1.54) is 0 Å². The lowest BCUT2D eigenvalue weighted by Crippen LogP contribution is -2.57. The van der Waals surface area contributed by atoms with Crippen molar-refractivity contribution < 1.29 is 9.90 Å². The summed E-state index contributed by atoms with van der Waals surface area (Å²) in [5.74, 6) is -0.252. The quantitative estimate of drug-likeness (QED) is 0.746. The molecule has 19 heavy (non-hydrogen) atoms. The average Bonchev–Trinajstić information content (AvgIpc) is 2.20. The van der Waals surface area contributed by atoms with E-state index in [1.807, 2.05) is 0 Å². The lowest BCUT2D eigenvalue weighted by molar-refractivity contribution is -0.00294. The number of nitrogens with two attached hydrogens (primary N) is 1. The summed E-state index contributed by atoms with van der Waals surface area (Å²) in [6.07, 6.45) is 0. The van der Waals surface area contributed by atoms with Crippen molar-refractivity contribution >= 4 is 27.5 Å². The third-order valence-corrected chi connectivity index (χ3v) is 4.07. The minimum absolute atomic E-state index is 0.252. The zero-order valence-corrected chi connectivity index (χ0v) is 13.6. The number of hydrogen-bond acceptors (Lipinski definition) is 3. The number of hydrogen-bond donors (Lipinski definition) is 3. The van der Waals surface area contributed by atoms with Gasteiger partial charge in [-0.3, -0.25) is 4.79 Å². The second kappa shape index (κ2) is 5.13. The highest BCUT2D eigenvalue weighted by Crippen LogP contribution is 2.25. The zero-order valence-electron chi connectivity index (χ0n) is 12.0. The van der Waals surface area contributed by atoms with Gasteiger partial charge in [-0.05, 0) is 52.3 Å². The van der Waals surface area contributed by atoms with Crippen LogP contribution in [0.3, 0.4) is 0 Å². The minimum atomic E-state index is -1.03. The first-order chi connectivity index (χ1) is 8.45. The van der Waals surface area contributed by atoms with Crippen molar-refractivity contribution in [2.45, 2.75) is 45.8 Å². The third-order valence-electron chi connectivity index (χ3n) is 3.61. The Morgan fingerprint density at radius 3 is 2.32 bits per heavy atom. The van der Waals surface area contributed by atoms with E-state index in [0.29, 0.717) is 11.3 Å². The van der Waals surface area contributed by atoms with Gasteiger partial charge < -0.3 is 16.2 Å². The van der Waals surface area contributed by atoms with Crippen molar-refractivity contribution in [3.05, 3.63) is 27.7 Å². The highest BCUT2D eigenvalue weighted by Gasteiger charge is 2.36. The maximum Gasteiger partial charge on any atom is 0.252 e. The fourth-order valence-electron chi connectivity index (χ4n) is 1.44. The number of aliphatic hydroxyl groups is 1. The molecule has 106 valence electrons. The van der Waals surface area contributed by atoms with E-state index < -0.39 is 11.1 Å². The number of nitrogens with one attached hydrogen (secondary N) is 1. The van der Waals surface area contributed by atoms with Crippen LogP contribution in [0.15, 0.2) is 16.6 Å². The van der Waals surface area contributed by atoms with Crippen molar-refractivity contribution in [1.82, 2.24) is 5.32 Å². The van der Waals surface area contributed by atoms with Crippen molar-refractivity contribution in [3.8, 4) is 0 Å². The van der Waals surface area contributed by atoms with Gasteiger partial charge in [0.1, 0.15) is 0 Å². The Hall–Kier alpha value is -1.07. The van der Waals surface area contributed by atoms with E-state index in [0.717, 1.165) is 10.0 Å². The summed E-state index contributed by atoms with van der Waals surface area (Å²) in [5.41, 5.74) is 5.85. The van der Waals surface area contributed by atoms with Gasteiger partial charge in [0.15, 0.2) is 0 Å². The Bertz CT molecular complexity index is 505. The standard InChI is InChI=1S/C14H21BrN2O2/c1-8-10(6-9(15)7-11(8)16)12(18)17-13(2,3)14(4,5)19/h6-7,19H,16H2,1-5H3,(H,17,18). The summed E-state index contributed by atoms with van der Waals surface area (Å²) in [4.78, 5) is 12.3. The summed E-state index contributed by atoms with van der Waals surface area (Å²) in [6.45, 7) is 8.68. The van der Waals surface area contributed by atoms with Crippen molar-refractivity contribution in [2.24, 2.45) is 0 Å². The molecule has 1 amide bonds. The Kier molecular flexibility index (Phi) is 4.32. The highest BCUT2D eigenvalue weighted by molar-refractivity contribution is 9.10. The predicted molar refractivity (Wildman–Crippen MR) is 81.1 cm³/mol. The molecule has 0 spiro atoms. The Balaban J connectivity index is 3.10. The normalized spacial score (nSPS) is 12.4. The smallest absolute Gasteiger partial charge is 0.252 e. The molecule has 1 aromatic rings. The maximum atomic E-state index is 12.3. The number of carbonyl (C=O) groups is 1. The fraction of sp³-hybridized carbons (Fsp3) is 0.500. The van der Waals surface area contributed by atoms with Gasteiger partial charge in [-0.2, -0.15) is 0 Å². The predicted octanol–water partition coefficient (Wildman–Crippen LogP) is 2.62. The van der Waals surface area contributed by atoms with E-state index >= 15 is 0 Å². The molecule has 0 fully saturated rings. The average molecular weight is 329 g/mol. The second-order valence-corrected chi connectivity index (χ2v) is 6.72. The maximum absolute atomic E-state index is 12.3. The number of nitrogen functional groups attached to an aromatic ring is 1. The van der Waals surface area contributed by atoms with E-state index in [9.17, 15) is 9.90 Å². The zero-order chi connectivity index (χ0) is 15.0. The molecule has 0 saturated heterocycles. The van der Waals surface area contributed by atoms with Gasteiger partial charge >= 0.3 is 0 Å². The number of amides is 1. The van der Waals surface area contributed by atoms with Crippen LogP contribution in [0.2, 0.25) is 0 Å². The van der Waals surface area contributed by atoms with Crippen LogP contribution >= 0.6 is 15.9 Å². The minimum Gasteiger partial charge on any atom is -0.398 e. The van der Waals surface area contributed by atoms with Crippen LogP contribution in [0.1, 0.15) is 43.6 Å². The van der Waals surface area contributed by atoms with Crippen LogP contribution in [0.4, 0.5) is 5.69 Å². The molecule has 4 nitrogen and oxygen atoms in total.